The van der Waals surface area contributed by atoms with Gasteiger partial charge < -0.3 is 19.7 Å². The highest BCUT2D eigenvalue weighted by Gasteiger charge is 2.76. The van der Waals surface area contributed by atoms with Crippen LogP contribution < -0.4 is 0 Å². The maximum atomic E-state index is 15.5. The van der Waals surface area contributed by atoms with E-state index >= 15 is 4.39 Å². The Hall–Kier alpha value is -1.15. The van der Waals surface area contributed by atoms with Gasteiger partial charge in [0, 0.05) is 11.8 Å². The molecule has 0 aromatic rings. The molecule has 0 radical (unpaired) electrons. The molecule has 10 atom stereocenters. The minimum atomic E-state index is -1.32. The topological polar surface area (TPSA) is 93.1 Å². The van der Waals surface area contributed by atoms with Crippen molar-refractivity contribution in [2.45, 2.75) is 96.0 Å². The van der Waals surface area contributed by atoms with Gasteiger partial charge in [-0.05, 0) is 66.9 Å². The number of fused-ring (bicyclic) bond motifs is 7. The lowest BCUT2D eigenvalue weighted by Crippen LogP contribution is -2.64. The molecule has 0 bridgehead atoms. The number of ether oxygens (including phenoxy) is 2. The summed E-state index contributed by atoms with van der Waals surface area (Å²) in [6, 6.07) is 0. The molecule has 0 amide bonds. The predicted molar refractivity (Wildman–Crippen MR) is 113 cm³/mol. The van der Waals surface area contributed by atoms with Crippen LogP contribution in [-0.2, 0) is 19.1 Å². The standard InChI is InChI=1S/C25H35FO6/c1-4-5-21-31-20-10-15-14-9-17(26)16-8-13(28)6-7-23(16,2)22(14)18(29)11-24(15,3)25(20,32-21)19(30)12-27/h8,14-15,17-18,20-22,27,29H,4-7,9-12H2,1-3H3/t14-,15-,17-,18-,20+,21?,22+,23-,24-,25+/m0/s1. The quantitative estimate of drug-likeness (QED) is 0.684. The lowest BCUT2D eigenvalue weighted by atomic mass is 9.45. The Kier molecular flexibility index (Phi) is 5.25. The molecule has 32 heavy (non-hydrogen) atoms. The molecular weight excluding hydrogens is 415 g/mol. The fourth-order valence-corrected chi connectivity index (χ4v) is 8.49. The van der Waals surface area contributed by atoms with Crippen molar-refractivity contribution >= 4 is 11.6 Å². The van der Waals surface area contributed by atoms with Gasteiger partial charge in [0.15, 0.2) is 23.5 Å². The van der Waals surface area contributed by atoms with E-state index in [2.05, 4.69) is 0 Å². The van der Waals surface area contributed by atoms with Gasteiger partial charge in [-0.3, -0.25) is 9.59 Å². The Morgan fingerprint density at radius 1 is 1.31 bits per heavy atom. The number of allylic oxidation sites excluding steroid dienone is 1. The Morgan fingerprint density at radius 2 is 2.06 bits per heavy atom. The zero-order valence-electron chi connectivity index (χ0n) is 19.2. The molecule has 4 aliphatic carbocycles. The van der Waals surface area contributed by atoms with Gasteiger partial charge in [0.2, 0.25) is 0 Å². The predicted octanol–water partition coefficient (Wildman–Crippen LogP) is 2.89. The van der Waals surface area contributed by atoms with Crippen LogP contribution in [0.2, 0.25) is 0 Å². The van der Waals surface area contributed by atoms with Gasteiger partial charge in [0.05, 0.1) is 12.2 Å². The second-order valence-corrected chi connectivity index (χ2v) is 11.2. The number of hydrogen-bond donors (Lipinski definition) is 2. The lowest BCUT2D eigenvalue weighted by Gasteiger charge is -2.61. The van der Waals surface area contributed by atoms with Crippen LogP contribution in [0, 0.1) is 28.6 Å². The Morgan fingerprint density at radius 3 is 2.75 bits per heavy atom. The van der Waals surface area contributed by atoms with E-state index < -0.39 is 53.5 Å². The first kappa shape index (κ1) is 22.6. The molecular formula is C25H35FO6. The van der Waals surface area contributed by atoms with Crippen LogP contribution in [0.25, 0.3) is 0 Å². The second-order valence-electron chi connectivity index (χ2n) is 11.2. The summed E-state index contributed by atoms with van der Waals surface area (Å²) in [5, 5.41) is 21.4. The summed E-state index contributed by atoms with van der Waals surface area (Å²) >= 11 is 0. The molecule has 0 aromatic heterocycles. The van der Waals surface area contributed by atoms with Crippen molar-refractivity contribution in [1.29, 1.82) is 0 Å². The van der Waals surface area contributed by atoms with Gasteiger partial charge in [-0.15, -0.1) is 0 Å². The minimum absolute atomic E-state index is 0.0413. The van der Waals surface area contributed by atoms with Crippen molar-refractivity contribution in [3.63, 3.8) is 0 Å². The normalized spacial score (nSPS) is 52.0. The second kappa shape index (κ2) is 7.42. The van der Waals surface area contributed by atoms with E-state index in [1.807, 2.05) is 20.8 Å². The van der Waals surface area contributed by atoms with Crippen LogP contribution >= 0.6 is 0 Å². The zero-order valence-corrected chi connectivity index (χ0v) is 19.2. The molecule has 2 N–H and O–H groups in total. The molecule has 7 heteroatoms. The fraction of sp³-hybridized carbons (Fsp3) is 0.840. The molecule has 0 spiro atoms. The maximum absolute atomic E-state index is 15.5. The summed E-state index contributed by atoms with van der Waals surface area (Å²) in [7, 11) is 0. The maximum Gasteiger partial charge on any atom is 0.193 e. The van der Waals surface area contributed by atoms with Gasteiger partial charge in [0.1, 0.15) is 12.8 Å². The molecule has 6 nitrogen and oxygen atoms in total. The number of rotatable bonds is 4. The van der Waals surface area contributed by atoms with E-state index in [4.69, 9.17) is 9.47 Å². The van der Waals surface area contributed by atoms with Gasteiger partial charge in [-0.2, -0.15) is 0 Å². The van der Waals surface area contributed by atoms with Crippen molar-refractivity contribution in [1.82, 2.24) is 0 Å². The number of aliphatic hydroxyl groups is 2. The van der Waals surface area contributed by atoms with Crippen LogP contribution in [0.1, 0.15) is 65.7 Å². The average Bonchev–Trinajstić information content (AvgIpc) is 3.21. The van der Waals surface area contributed by atoms with Gasteiger partial charge in [-0.25, -0.2) is 4.39 Å². The van der Waals surface area contributed by atoms with E-state index in [1.54, 1.807) is 0 Å². The molecule has 1 saturated heterocycles. The Bertz CT molecular complexity index is 857. The molecule has 5 rings (SSSR count). The molecule has 3 saturated carbocycles. The number of alkyl halides is 1. The number of hydrogen-bond acceptors (Lipinski definition) is 6. The van der Waals surface area contributed by atoms with E-state index in [-0.39, 0.29) is 30.0 Å². The van der Waals surface area contributed by atoms with Gasteiger partial charge in [0.25, 0.3) is 0 Å². The van der Waals surface area contributed by atoms with Crippen LogP contribution in [-0.4, -0.2) is 58.7 Å². The molecule has 1 unspecified atom stereocenters. The van der Waals surface area contributed by atoms with Crippen LogP contribution in [0.4, 0.5) is 4.39 Å². The average molecular weight is 451 g/mol. The monoisotopic (exact) mass is 450 g/mol. The summed E-state index contributed by atoms with van der Waals surface area (Å²) in [6.07, 6.45) is 1.97. The number of Topliss-reactive ketones (excluding diaryl/α,β-unsaturated/α-hetero) is 1. The molecule has 178 valence electrons. The van der Waals surface area contributed by atoms with Crippen LogP contribution in [0.5, 0.6) is 0 Å². The van der Waals surface area contributed by atoms with Crippen LogP contribution in [0.15, 0.2) is 11.6 Å². The van der Waals surface area contributed by atoms with Crippen molar-refractivity contribution < 1.29 is 33.7 Å². The van der Waals surface area contributed by atoms with Crippen molar-refractivity contribution in [2.75, 3.05) is 6.61 Å². The number of ketones is 2. The Labute approximate surface area is 188 Å². The third kappa shape index (κ3) is 2.71. The Balaban J connectivity index is 1.57. The lowest BCUT2D eigenvalue weighted by molar-refractivity contribution is -0.205. The summed E-state index contributed by atoms with van der Waals surface area (Å²) in [4.78, 5) is 25.3. The minimum Gasteiger partial charge on any atom is -0.393 e. The highest BCUT2D eigenvalue weighted by Crippen LogP contribution is 2.70. The first-order valence-electron chi connectivity index (χ1n) is 12.2. The van der Waals surface area contributed by atoms with E-state index in [9.17, 15) is 19.8 Å². The number of carbonyl (C=O) groups excluding carboxylic acids is 2. The summed E-state index contributed by atoms with van der Waals surface area (Å²) < 4.78 is 28.1. The smallest absolute Gasteiger partial charge is 0.193 e. The third-order valence-electron chi connectivity index (χ3n) is 9.75. The first-order valence-corrected chi connectivity index (χ1v) is 12.2. The largest absolute Gasteiger partial charge is 0.393 e. The third-order valence-corrected chi connectivity index (χ3v) is 9.75. The SMILES string of the molecule is CCCC1O[C@@H]2C[C@H]3[C@@H]4C[C@H](F)C5=CC(=O)CC[C@]5(C)[C@H]4[C@@H](O)C[C@]3(C)[C@]2(C(=O)CO)O1. The van der Waals surface area contributed by atoms with E-state index in [1.165, 1.54) is 6.08 Å². The van der Waals surface area contributed by atoms with Crippen molar-refractivity contribution in [3.05, 3.63) is 11.6 Å². The first-order chi connectivity index (χ1) is 15.1. The summed E-state index contributed by atoms with van der Waals surface area (Å²) in [5.41, 5.74) is -2.12. The highest BCUT2D eigenvalue weighted by atomic mass is 19.1. The highest BCUT2D eigenvalue weighted by molar-refractivity contribution is 5.92. The molecule has 5 aliphatic rings. The fourth-order valence-electron chi connectivity index (χ4n) is 8.49. The summed E-state index contributed by atoms with van der Waals surface area (Å²) in [5.74, 6) is -0.855. The number of aliphatic hydroxyl groups excluding tert-OH is 2. The summed E-state index contributed by atoms with van der Waals surface area (Å²) in [6.45, 7) is 5.33. The molecule has 0 aromatic carbocycles. The number of halogens is 1. The zero-order chi connectivity index (χ0) is 23.1. The van der Waals surface area contributed by atoms with Crippen LogP contribution in [0.3, 0.4) is 0 Å². The van der Waals surface area contributed by atoms with E-state index in [0.717, 1.165) is 6.42 Å². The van der Waals surface area contributed by atoms with Gasteiger partial charge in [-0.1, -0.05) is 27.2 Å². The molecule has 4 fully saturated rings. The molecule has 1 aliphatic heterocycles. The van der Waals surface area contributed by atoms with Crippen molar-refractivity contribution in [3.8, 4) is 0 Å². The molecule has 1 heterocycles. The van der Waals surface area contributed by atoms with Gasteiger partial charge >= 0.3 is 0 Å². The van der Waals surface area contributed by atoms with E-state index in [0.29, 0.717) is 37.7 Å². The van der Waals surface area contributed by atoms with Crippen molar-refractivity contribution in [2.24, 2.45) is 28.6 Å². The number of carbonyl (C=O) groups is 2.